The highest BCUT2D eigenvalue weighted by Gasteiger charge is 2.40. The van der Waals surface area contributed by atoms with E-state index in [9.17, 15) is 9.59 Å². The molecular weight excluding hydrogens is 312 g/mol. The Morgan fingerprint density at radius 3 is 2.57 bits per heavy atom. The molecule has 4 nitrogen and oxygen atoms in total. The van der Waals surface area contributed by atoms with Crippen LogP contribution in [0.5, 0.6) is 0 Å². The van der Waals surface area contributed by atoms with Gasteiger partial charge in [-0.05, 0) is 24.1 Å². The van der Waals surface area contributed by atoms with Gasteiger partial charge in [0.2, 0.25) is 5.91 Å². The average Bonchev–Trinajstić information content (AvgIpc) is 2.78. The van der Waals surface area contributed by atoms with E-state index >= 15 is 0 Å². The van der Waals surface area contributed by atoms with Crippen molar-refractivity contribution in [2.24, 2.45) is 0 Å². The van der Waals surface area contributed by atoms with Gasteiger partial charge in [0.25, 0.3) is 5.91 Å². The van der Waals surface area contributed by atoms with Crippen LogP contribution in [-0.4, -0.2) is 11.8 Å². The third-order valence-corrected chi connectivity index (χ3v) is 4.30. The summed E-state index contributed by atoms with van der Waals surface area (Å²) in [7, 11) is 0. The van der Waals surface area contributed by atoms with Crippen molar-refractivity contribution in [3.8, 4) is 0 Å². The van der Waals surface area contributed by atoms with Gasteiger partial charge in [0.15, 0.2) is 0 Å². The normalized spacial score (nSPS) is 16.4. The summed E-state index contributed by atoms with van der Waals surface area (Å²) in [5.74, 6) is -0.413. The highest BCUT2D eigenvalue weighted by molar-refractivity contribution is 6.33. The molecule has 1 N–H and O–H groups in total. The summed E-state index contributed by atoms with van der Waals surface area (Å²) >= 11 is 6.32. The maximum atomic E-state index is 12.9. The van der Waals surface area contributed by atoms with Crippen LogP contribution in [0.2, 0.25) is 5.02 Å². The van der Waals surface area contributed by atoms with Crippen LogP contribution < -0.4 is 10.2 Å². The van der Waals surface area contributed by atoms with Crippen molar-refractivity contribution in [1.29, 1.82) is 0 Å². The average molecular weight is 329 g/mol. The molecule has 0 bridgehead atoms. The van der Waals surface area contributed by atoms with Gasteiger partial charge >= 0.3 is 0 Å². The molecule has 0 saturated heterocycles. The number of nitrogens with one attached hydrogen (secondary N) is 1. The Hall–Kier alpha value is -2.33. The van der Waals surface area contributed by atoms with Gasteiger partial charge in [0, 0.05) is 17.5 Å². The lowest BCUT2D eigenvalue weighted by molar-refractivity contribution is -0.126. The molecule has 118 valence electrons. The molecule has 2 aromatic carbocycles. The zero-order valence-electron chi connectivity index (χ0n) is 13.0. The van der Waals surface area contributed by atoms with Gasteiger partial charge in [0.05, 0.1) is 12.2 Å². The Morgan fingerprint density at radius 2 is 1.91 bits per heavy atom. The molecule has 3 rings (SSSR count). The molecular formula is C18H17ClN2O2. The first-order valence-corrected chi connectivity index (χ1v) is 7.78. The molecule has 1 aliphatic heterocycles. The van der Waals surface area contributed by atoms with Gasteiger partial charge in [-0.15, -0.1) is 0 Å². The van der Waals surface area contributed by atoms with Crippen LogP contribution in [0, 0.1) is 6.92 Å². The van der Waals surface area contributed by atoms with Crippen molar-refractivity contribution >= 4 is 29.1 Å². The Balaban J connectivity index is 2.07. The number of aryl methyl sites for hydroxylation is 1. The molecule has 0 fully saturated rings. The van der Waals surface area contributed by atoms with Crippen LogP contribution in [0.3, 0.4) is 0 Å². The van der Waals surface area contributed by atoms with Crippen molar-refractivity contribution in [3.63, 3.8) is 0 Å². The van der Waals surface area contributed by atoms with Crippen LogP contribution in [0.15, 0.2) is 42.5 Å². The van der Waals surface area contributed by atoms with Crippen molar-refractivity contribution in [3.05, 3.63) is 64.2 Å². The van der Waals surface area contributed by atoms with E-state index in [4.69, 9.17) is 11.6 Å². The predicted molar refractivity (Wildman–Crippen MR) is 90.4 cm³/mol. The molecule has 0 saturated carbocycles. The largest absolute Gasteiger partial charge is 0.341 e. The lowest BCUT2D eigenvalue weighted by atomic mass is 10.0. The van der Waals surface area contributed by atoms with Crippen LogP contribution >= 0.6 is 11.6 Å². The van der Waals surface area contributed by atoms with Gasteiger partial charge in [-0.3, -0.25) is 9.59 Å². The number of rotatable bonds is 3. The standard InChI is InChI=1S/C18H17ClN2O2/c1-11-8-9-14(19)15-16(20-12(2)22)18(23)21(17(11)15)10-13-6-4-3-5-7-13/h3-9,16H,10H2,1-2H3,(H,20,22). The number of carbonyl (C=O) groups is 2. The van der Waals surface area contributed by atoms with Crippen LogP contribution in [0.4, 0.5) is 5.69 Å². The van der Waals surface area contributed by atoms with Crippen molar-refractivity contribution in [2.45, 2.75) is 26.4 Å². The molecule has 0 aromatic heterocycles. The van der Waals surface area contributed by atoms with E-state index < -0.39 is 6.04 Å². The third-order valence-electron chi connectivity index (χ3n) is 3.97. The van der Waals surface area contributed by atoms with Gasteiger partial charge in [-0.2, -0.15) is 0 Å². The molecule has 23 heavy (non-hydrogen) atoms. The molecule has 1 unspecified atom stereocenters. The van der Waals surface area contributed by atoms with E-state index in [1.54, 1.807) is 11.0 Å². The van der Waals surface area contributed by atoms with E-state index in [-0.39, 0.29) is 11.8 Å². The Labute approximate surface area is 140 Å². The lowest BCUT2D eigenvalue weighted by Gasteiger charge is -2.19. The fourth-order valence-electron chi connectivity index (χ4n) is 2.97. The van der Waals surface area contributed by atoms with Crippen molar-refractivity contribution < 1.29 is 9.59 Å². The molecule has 1 heterocycles. The Kier molecular flexibility index (Phi) is 4.09. The van der Waals surface area contributed by atoms with Crippen molar-refractivity contribution in [1.82, 2.24) is 5.32 Å². The Bertz CT molecular complexity index is 774. The van der Waals surface area contributed by atoms with Gasteiger partial charge in [-0.25, -0.2) is 0 Å². The number of halogens is 1. The van der Waals surface area contributed by atoms with Gasteiger partial charge in [-0.1, -0.05) is 48.0 Å². The Morgan fingerprint density at radius 1 is 1.22 bits per heavy atom. The van der Waals surface area contributed by atoms with E-state index in [2.05, 4.69) is 5.32 Å². The number of anilines is 1. The first-order chi connectivity index (χ1) is 11.0. The van der Waals surface area contributed by atoms with Gasteiger partial charge < -0.3 is 10.2 Å². The highest BCUT2D eigenvalue weighted by atomic mass is 35.5. The summed E-state index contributed by atoms with van der Waals surface area (Å²) in [4.78, 5) is 26.1. The van der Waals surface area contributed by atoms with Crippen LogP contribution in [0.1, 0.15) is 29.7 Å². The monoisotopic (exact) mass is 328 g/mol. The number of carbonyl (C=O) groups excluding carboxylic acids is 2. The molecule has 1 atom stereocenters. The fraction of sp³-hybridized carbons (Fsp3) is 0.222. The summed E-state index contributed by atoms with van der Waals surface area (Å²) < 4.78 is 0. The number of nitrogens with zero attached hydrogens (tertiary/aromatic N) is 1. The summed E-state index contributed by atoms with van der Waals surface area (Å²) in [6.07, 6.45) is 0. The second-order valence-corrected chi connectivity index (χ2v) is 6.08. The first kappa shape index (κ1) is 15.6. The van der Waals surface area contributed by atoms with Crippen molar-refractivity contribution in [2.75, 3.05) is 4.90 Å². The molecule has 2 aromatic rings. The predicted octanol–water partition coefficient (Wildman–Crippen LogP) is 3.37. The van der Waals surface area contributed by atoms with E-state index in [1.165, 1.54) is 6.92 Å². The summed E-state index contributed by atoms with van der Waals surface area (Å²) in [5.41, 5.74) is 3.46. The fourth-order valence-corrected chi connectivity index (χ4v) is 3.24. The zero-order chi connectivity index (χ0) is 16.6. The molecule has 0 aliphatic carbocycles. The van der Waals surface area contributed by atoms with Crippen LogP contribution in [0.25, 0.3) is 0 Å². The zero-order valence-corrected chi connectivity index (χ0v) is 13.7. The number of hydrogen-bond acceptors (Lipinski definition) is 2. The second-order valence-electron chi connectivity index (χ2n) is 5.67. The molecule has 0 spiro atoms. The summed E-state index contributed by atoms with van der Waals surface area (Å²) in [6, 6.07) is 12.7. The van der Waals surface area contributed by atoms with E-state index in [0.717, 1.165) is 16.8 Å². The SMILES string of the molecule is CC(=O)NC1C(=O)N(Cc2ccccc2)c2c(C)ccc(Cl)c21. The second kappa shape index (κ2) is 6.05. The molecule has 0 radical (unpaired) electrons. The minimum atomic E-state index is -0.724. The third kappa shape index (κ3) is 2.82. The maximum Gasteiger partial charge on any atom is 0.254 e. The van der Waals surface area contributed by atoms with Crippen LogP contribution in [-0.2, 0) is 16.1 Å². The summed E-state index contributed by atoms with van der Waals surface area (Å²) in [5, 5.41) is 3.21. The molecule has 2 amide bonds. The smallest absolute Gasteiger partial charge is 0.254 e. The minimum absolute atomic E-state index is 0.157. The number of hydrogen-bond donors (Lipinski definition) is 1. The number of benzene rings is 2. The minimum Gasteiger partial charge on any atom is -0.341 e. The molecule has 5 heteroatoms. The van der Waals surface area contributed by atoms with E-state index in [0.29, 0.717) is 17.1 Å². The lowest BCUT2D eigenvalue weighted by Crippen LogP contribution is -2.36. The topological polar surface area (TPSA) is 49.4 Å². The first-order valence-electron chi connectivity index (χ1n) is 7.40. The number of fused-ring (bicyclic) bond motifs is 1. The molecule has 1 aliphatic rings. The highest BCUT2D eigenvalue weighted by Crippen LogP contribution is 2.43. The maximum absolute atomic E-state index is 12.9. The van der Waals surface area contributed by atoms with Gasteiger partial charge in [0.1, 0.15) is 6.04 Å². The number of amides is 2. The quantitative estimate of drug-likeness (QED) is 0.939. The van der Waals surface area contributed by atoms with E-state index in [1.807, 2.05) is 43.3 Å². The summed E-state index contributed by atoms with van der Waals surface area (Å²) in [6.45, 7) is 3.79.